The van der Waals surface area contributed by atoms with Gasteiger partial charge in [-0.2, -0.15) is 0 Å². The van der Waals surface area contributed by atoms with E-state index in [1.807, 2.05) is 42.5 Å². The first kappa shape index (κ1) is 18.5. The van der Waals surface area contributed by atoms with Gasteiger partial charge in [-0.1, -0.05) is 42.5 Å². The monoisotopic (exact) mass is 366 g/mol. The van der Waals surface area contributed by atoms with Crippen molar-refractivity contribution in [2.24, 2.45) is 0 Å². The fourth-order valence-corrected chi connectivity index (χ4v) is 2.93. The molecule has 3 N–H and O–H groups in total. The average molecular weight is 366 g/mol. The van der Waals surface area contributed by atoms with E-state index in [4.69, 9.17) is 9.47 Å². The number of methoxy groups -OCH3 is 2. The fourth-order valence-electron chi connectivity index (χ4n) is 2.93. The number of nitrogens with one attached hydrogen (secondary N) is 2. The largest absolute Gasteiger partial charge is 0.493 e. The molecule has 0 bridgehead atoms. The highest BCUT2D eigenvalue weighted by molar-refractivity contribution is 5.90. The fraction of sp³-hybridized carbons (Fsp3) is 0.190. The van der Waals surface area contributed by atoms with Gasteiger partial charge in [-0.05, 0) is 28.5 Å². The van der Waals surface area contributed by atoms with Gasteiger partial charge in [0.05, 0.1) is 20.3 Å². The molecule has 3 aromatic rings. The van der Waals surface area contributed by atoms with E-state index in [-0.39, 0.29) is 6.54 Å². The van der Waals surface area contributed by atoms with Gasteiger partial charge < -0.3 is 25.2 Å². The molecule has 0 aliphatic heterocycles. The highest BCUT2D eigenvalue weighted by atomic mass is 16.5. The number of benzene rings is 3. The van der Waals surface area contributed by atoms with Crippen LogP contribution in [0.25, 0.3) is 10.8 Å². The van der Waals surface area contributed by atoms with E-state index in [9.17, 15) is 9.90 Å². The van der Waals surface area contributed by atoms with Crippen molar-refractivity contribution in [2.75, 3.05) is 26.1 Å². The van der Waals surface area contributed by atoms with Crippen molar-refractivity contribution in [3.63, 3.8) is 0 Å². The molecule has 0 saturated carbocycles. The van der Waals surface area contributed by atoms with Gasteiger partial charge >= 0.3 is 6.03 Å². The Balaban J connectivity index is 1.63. The number of anilines is 1. The number of amides is 2. The van der Waals surface area contributed by atoms with Gasteiger partial charge in [0.25, 0.3) is 0 Å². The Bertz CT molecular complexity index is 937. The molecule has 6 nitrogen and oxygen atoms in total. The van der Waals surface area contributed by atoms with Crippen LogP contribution in [0.1, 0.15) is 11.7 Å². The first-order valence-electron chi connectivity index (χ1n) is 8.55. The molecule has 140 valence electrons. The molecular formula is C21H22N2O4. The van der Waals surface area contributed by atoms with Gasteiger partial charge in [0.1, 0.15) is 0 Å². The molecule has 0 aliphatic rings. The lowest BCUT2D eigenvalue weighted by Gasteiger charge is -2.15. The number of urea groups is 1. The van der Waals surface area contributed by atoms with Gasteiger partial charge in [0.15, 0.2) is 11.5 Å². The van der Waals surface area contributed by atoms with E-state index < -0.39 is 12.1 Å². The van der Waals surface area contributed by atoms with Crippen LogP contribution in [-0.4, -0.2) is 31.9 Å². The molecule has 0 radical (unpaired) electrons. The summed E-state index contributed by atoms with van der Waals surface area (Å²) in [6.07, 6.45) is -0.813. The second kappa shape index (κ2) is 8.42. The number of aliphatic hydroxyl groups is 1. The van der Waals surface area contributed by atoms with Crippen LogP contribution >= 0.6 is 0 Å². The third-order valence-corrected chi connectivity index (χ3v) is 4.28. The molecule has 3 rings (SSSR count). The smallest absolute Gasteiger partial charge is 0.319 e. The summed E-state index contributed by atoms with van der Waals surface area (Å²) in [5.74, 6) is 1.10. The van der Waals surface area contributed by atoms with Crippen molar-refractivity contribution in [3.8, 4) is 11.5 Å². The highest BCUT2D eigenvalue weighted by Gasteiger charge is 2.13. The first-order chi connectivity index (χ1) is 13.1. The molecule has 1 atom stereocenters. The predicted molar refractivity (Wildman–Crippen MR) is 105 cm³/mol. The van der Waals surface area contributed by atoms with Crippen LogP contribution in [0.3, 0.4) is 0 Å². The van der Waals surface area contributed by atoms with Gasteiger partial charge in [0.2, 0.25) is 0 Å². The lowest BCUT2D eigenvalue weighted by Crippen LogP contribution is -2.32. The second-order valence-corrected chi connectivity index (χ2v) is 5.99. The van der Waals surface area contributed by atoms with Crippen LogP contribution in [0, 0.1) is 0 Å². The van der Waals surface area contributed by atoms with E-state index in [1.54, 1.807) is 25.3 Å². The first-order valence-corrected chi connectivity index (χ1v) is 8.55. The molecule has 0 fully saturated rings. The van der Waals surface area contributed by atoms with E-state index in [2.05, 4.69) is 10.6 Å². The number of hydrogen-bond donors (Lipinski definition) is 3. The summed E-state index contributed by atoms with van der Waals surface area (Å²) in [5, 5.41) is 17.9. The van der Waals surface area contributed by atoms with Crippen molar-refractivity contribution in [3.05, 3.63) is 66.2 Å². The quantitative estimate of drug-likeness (QED) is 0.621. The summed E-state index contributed by atoms with van der Waals surface area (Å²) in [6, 6.07) is 18.2. The molecular weight excluding hydrogens is 344 g/mol. The van der Waals surface area contributed by atoms with Crippen molar-refractivity contribution in [2.45, 2.75) is 6.10 Å². The van der Waals surface area contributed by atoms with Gasteiger partial charge in [0, 0.05) is 18.3 Å². The minimum absolute atomic E-state index is 0.0904. The lowest BCUT2D eigenvalue weighted by molar-refractivity contribution is 0.176. The minimum atomic E-state index is -0.813. The van der Waals surface area contributed by atoms with E-state index in [1.165, 1.54) is 7.11 Å². The maximum atomic E-state index is 12.2. The van der Waals surface area contributed by atoms with Gasteiger partial charge in [-0.25, -0.2) is 4.79 Å². The maximum absolute atomic E-state index is 12.2. The Hall–Kier alpha value is -3.25. The Morgan fingerprint density at radius 2 is 1.74 bits per heavy atom. The number of fused-ring (bicyclic) bond motifs is 1. The van der Waals surface area contributed by atoms with E-state index in [0.717, 1.165) is 16.3 Å². The molecule has 6 heteroatoms. The summed E-state index contributed by atoms with van der Waals surface area (Å²) in [4.78, 5) is 12.2. The van der Waals surface area contributed by atoms with Crippen LogP contribution in [0.2, 0.25) is 0 Å². The third-order valence-electron chi connectivity index (χ3n) is 4.28. The zero-order valence-corrected chi connectivity index (χ0v) is 15.2. The molecule has 0 aliphatic carbocycles. The van der Waals surface area contributed by atoms with Crippen molar-refractivity contribution >= 4 is 22.5 Å². The molecule has 3 aromatic carbocycles. The molecule has 0 heterocycles. The number of hydrogen-bond acceptors (Lipinski definition) is 4. The van der Waals surface area contributed by atoms with Crippen molar-refractivity contribution in [1.82, 2.24) is 5.32 Å². The summed E-state index contributed by atoms with van der Waals surface area (Å²) < 4.78 is 10.4. The van der Waals surface area contributed by atoms with Gasteiger partial charge in [-0.3, -0.25) is 0 Å². The molecule has 1 unspecified atom stereocenters. The SMILES string of the molecule is COc1ccc(NC(=O)NCC(O)c2cccc3ccccc23)cc1OC. The van der Waals surface area contributed by atoms with Crippen molar-refractivity contribution < 1.29 is 19.4 Å². The zero-order valence-electron chi connectivity index (χ0n) is 15.2. The van der Waals surface area contributed by atoms with Crippen LogP contribution in [0.15, 0.2) is 60.7 Å². The number of rotatable bonds is 6. The Morgan fingerprint density at radius 3 is 2.52 bits per heavy atom. The van der Waals surface area contributed by atoms with Crippen LogP contribution in [-0.2, 0) is 0 Å². The maximum Gasteiger partial charge on any atom is 0.319 e. The second-order valence-electron chi connectivity index (χ2n) is 5.99. The van der Waals surface area contributed by atoms with E-state index >= 15 is 0 Å². The normalized spacial score (nSPS) is 11.7. The molecule has 0 aromatic heterocycles. The highest BCUT2D eigenvalue weighted by Crippen LogP contribution is 2.29. The molecule has 0 spiro atoms. The number of ether oxygens (including phenoxy) is 2. The molecule has 2 amide bonds. The Labute approximate surface area is 157 Å². The summed E-state index contributed by atoms with van der Waals surface area (Å²) in [5.41, 5.74) is 1.34. The average Bonchev–Trinajstić information content (AvgIpc) is 2.71. The summed E-state index contributed by atoms with van der Waals surface area (Å²) in [7, 11) is 3.08. The van der Waals surface area contributed by atoms with Gasteiger partial charge in [-0.15, -0.1) is 0 Å². The van der Waals surface area contributed by atoms with Crippen LogP contribution < -0.4 is 20.1 Å². The van der Waals surface area contributed by atoms with Crippen LogP contribution in [0.4, 0.5) is 10.5 Å². The predicted octanol–water partition coefficient (Wildman–Crippen LogP) is 3.71. The molecule has 0 saturated heterocycles. The Morgan fingerprint density at radius 1 is 1.00 bits per heavy atom. The lowest BCUT2D eigenvalue weighted by atomic mass is 10.0. The Kier molecular flexibility index (Phi) is 5.78. The van der Waals surface area contributed by atoms with E-state index in [0.29, 0.717) is 17.2 Å². The standard InChI is InChI=1S/C21H22N2O4/c1-26-19-11-10-15(12-20(19)27-2)23-21(25)22-13-18(24)17-9-5-7-14-6-3-4-8-16(14)17/h3-12,18,24H,13H2,1-2H3,(H2,22,23,25). The number of carbonyl (C=O) groups excluding carboxylic acids is 1. The summed E-state index contributed by atoms with van der Waals surface area (Å²) in [6.45, 7) is 0.0904. The molecule has 27 heavy (non-hydrogen) atoms. The van der Waals surface area contributed by atoms with Crippen molar-refractivity contribution in [1.29, 1.82) is 0 Å². The zero-order chi connectivity index (χ0) is 19.2. The number of carbonyl (C=O) groups is 1. The number of aliphatic hydroxyl groups excluding tert-OH is 1. The third kappa shape index (κ3) is 4.30. The summed E-state index contributed by atoms with van der Waals surface area (Å²) >= 11 is 0. The topological polar surface area (TPSA) is 79.8 Å². The van der Waals surface area contributed by atoms with Crippen LogP contribution in [0.5, 0.6) is 11.5 Å². The minimum Gasteiger partial charge on any atom is -0.493 e.